The number of amides is 4. The van der Waals surface area contributed by atoms with Crippen molar-refractivity contribution in [2.45, 2.75) is 58.0 Å². The molecule has 0 radical (unpaired) electrons. The van der Waals surface area contributed by atoms with E-state index >= 15 is 0 Å². The molecule has 0 bridgehead atoms. The number of para-hydroxylation sites is 1. The summed E-state index contributed by atoms with van der Waals surface area (Å²) in [5.41, 5.74) is 2.04. The number of urea groups is 1. The molecular weight excluding hydrogens is 418 g/mol. The number of piperazine rings is 1. The Bertz CT molecular complexity index is 997. The summed E-state index contributed by atoms with van der Waals surface area (Å²) >= 11 is 0. The molecule has 3 N–H and O–H groups in total. The van der Waals surface area contributed by atoms with Crippen molar-refractivity contribution in [3.8, 4) is 0 Å². The topological polar surface area (TPSA) is 97.5 Å². The molecule has 2 atom stereocenters. The van der Waals surface area contributed by atoms with Gasteiger partial charge in [0.05, 0.1) is 0 Å². The van der Waals surface area contributed by atoms with Crippen LogP contribution in [-0.4, -0.2) is 70.9 Å². The van der Waals surface area contributed by atoms with Gasteiger partial charge in [0.25, 0.3) is 0 Å². The van der Waals surface area contributed by atoms with Crippen molar-refractivity contribution >= 4 is 28.7 Å². The van der Waals surface area contributed by atoms with Gasteiger partial charge in [0.2, 0.25) is 11.8 Å². The van der Waals surface area contributed by atoms with Gasteiger partial charge in [0.15, 0.2) is 0 Å². The van der Waals surface area contributed by atoms with E-state index < -0.39 is 6.04 Å². The van der Waals surface area contributed by atoms with Gasteiger partial charge in [0.1, 0.15) is 6.04 Å². The Balaban J connectivity index is 1.50. The first kappa shape index (κ1) is 23.1. The molecule has 8 nitrogen and oxygen atoms in total. The third-order valence-electron chi connectivity index (χ3n) is 6.97. The summed E-state index contributed by atoms with van der Waals surface area (Å²) in [4.78, 5) is 45.7. The summed E-state index contributed by atoms with van der Waals surface area (Å²) in [6.07, 6.45) is 6.29. The van der Waals surface area contributed by atoms with Crippen LogP contribution in [0.25, 0.3) is 10.9 Å². The highest BCUT2D eigenvalue weighted by molar-refractivity contribution is 5.90. The molecule has 2 aromatic rings. The standard InChI is InChI=1S/C25H35N5O3/c1-3-26-25(33)30-13-12-29(16-17(30)2)24(32)22(28-23(31)18-8-4-5-9-18)14-19-15-27-21-11-7-6-10-20(19)21/h6-7,10-11,15,17-18,22,27H,3-5,8-9,12-14,16H2,1-2H3,(H,26,33)(H,28,31). The Labute approximate surface area is 195 Å². The number of hydrogen-bond acceptors (Lipinski definition) is 3. The van der Waals surface area contributed by atoms with Crippen LogP contribution in [-0.2, 0) is 16.0 Å². The number of carbonyl (C=O) groups is 3. The molecule has 1 saturated heterocycles. The van der Waals surface area contributed by atoms with E-state index in [0.717, 1.165) is 42.1 Å². The molecule has 33 heavy (non-hydrogen) atoms. The van der Waals surface area contributed by atoms with E-state index in [1.165, 1.54) is 0 Å². The highest BCUT2D eigenvalue weighted by Gasteiger charge is 2.35. The maximum Gasteiger partial charge on any atom is 0.317 e. The van der Waals surface area contributed by atoms with Gasteiger partial charge < -0.3 is 25.4 Å². The predicted octanol–water partition coefficient (Wildman–Crippen LogP) is 2.65. The molecule has 2 unspecified atom stereocenters. The maximum atomic E-state index is 13.6. The number of nitrogens with one attached hydrogen (secondary N) is 3. The van der Waals surface area contributed by atoms with E-state index in [2.05, 4.69) is 15.6 Å². The summed E-state index contributed by atoms with van der Waals surface area (Å²) in [6.45, 7) is 5.83. The van der Waals surface area contributed by atoms with Crippen LogP contribution in [0.4, 0.5) is 4.79 Å². The van der Waals surface area contributed by atoms with Crippen molar-refractivity contribution in [1.82, 2.24) is 25.4 Å². The van der Waals surface area contributed by atoms with Gasteiger partial charge in [-0.05, 0) is 38.3 Å². The Morgan fingerprint density at radius 3 is 2.64 bits per heavy atom. The normalized spacial score (nSPS) is 20.1. The fourth-order valence-electron chi connectivity index (χ4n) is 5.13. The SMILES string of the molecule is CCNC(=O)N1CCN(C(=O)C(Cc2c[nH]c3ccccc23)NC(=O)C2CCCC2)CC1C. The second-order valence-corrected chi connectivity index (χ2v) is 9.27. The first-order chi connectivity index (χ1) is 16.0. The summed E-state index contributed by atoms with van der Waals surface area (Å²) in [5.74, 6) is -0.0921. The number of hydrogen-bond donors (Lipinski definition) is 3. The van der Waals surface area contributed by atoms with Gasteiger partial charge in [-0.1, -0.05) is 31.0 Å². The lowest BCUT2D eigenvalue weighted by Gasteiger charge is -2.41. The van der Waals surface area contributed by atoms with Crippen LogP contribution in [0, 0.1) is 5.92 Å². The molecule has 1 aromatic carbocycles. The van der Waals surface area contributed by atoms with Crippen LogP contribution in [0.1, 0.15) is 45.1 Å². The van der Waals surface area contributed by atoms with E-state index in [1.807, 2.05) is 44.3 Å². The molecule has 4 amide bonds. The zero-order valence-electron chi connectivity index (χ0n) is 19.6. The number of H-pyrrole nitrogens is 1. The lowest BCUT2D eigenvalue weighted by Crippen LogP contribution is -2.60. The van der Waals surface area contributed by atoms with Gasteiger partial charge in [-0.15, -0.1) is 0 Å². The van der Waals surface area contributed by atoms with E-state index in [-0.39, 0.29) is 29.8 Å². The second kappa shape index (κ2) is 10.3. The lowest BCUT2D eigenvalue weighted by atomic mass is 10.0. The fourth-order valence-corrected chi connectivity index (χ4v) is 5.13. The third kappa shape index (κ3) is 5.15. The van der Waals surface area contributed by atoms with Gasteiger partial charge in [-0.25, -0.2) is 4.79 Å². The first-order valence-corrected chi connectivity index (χ1v) is 12.2. The molecule has 4 rings (SSSR count). The number of carbonyl (C=O) groups excluding carboxylic acids is 3. The second-order valence-electron chi connectivity index (χ2n) is 9.27. The van der Waals surface area contributed by atoms with Crippen LogP contribution in [0.3, 0.4) is 0 Å². The molecule has 1 aliphatic carbocycles. The summed E-state index contributed by atoms with van der Waals surface area (Å²) in [7, 11) is 0. The minimum atomic E-state index is -0.625. The monoisotopic (exact) mass is 453 g/mol. The van der Waals surface area contributed by atoms with Crippen LogP contribution < -0.4 is 10.6 Å². The van der Waals surface area contributed by atoms with Crippen LogP contribution in [0.2, 0.25) is 0 Å². The third-order valence-corrected chi connectivity index (χ3v) is 6.97. The summed E-state index contributed by atoms with van der Waals surface area (Å²) < 4.78 is 0. The van der Waals surface area contributed by atoms with Crippen LogP contribution in [0.5, 0.6) is 0 Å². The van der Waals surface area contributed by atoms with Gasteiger partial charge in [-0.3, -0.25) is 9.59 Å². The van der Waals surface area contributed by atoms with Crippen LogP contribution in [0.15, 0.2) is 30.5 Å². The Morgan fingerprint density at radius 2 is 1.91 bits per heavy atom. The minimum absolute atomic E-state index is 0.00298. The zero-order valence-corrected chi connectivity index (χ0v) is 19.6. The first-order valence-electron chi connectivity index (χ1n) is 12.2. The number of rotatable bonds is 6. The largest absolute Gasteiger partial charge is 0.361 e. The van der Waals surface area contributed by atoms with Crippen molar-refractivity contribution < 1.29 is 14.4 Å². The number of aromatic amines is 1. The highest BCUT2D eigenvalue weighted by atomic mass is 16.2. The molecule has 2 aliphatic rings. The van der Waals surface area contributed by atoms with Crippen molar-refractivity contribution in [2.75, 3.05) is 26.2 Å². The van der Waals surface area contributed by atoms with Crippen LogP contribution >= 0.6 is 0 Å². The lowest BCUT2D eigenvalue weighted by molar-refractivity contribution is -0.139. The molecule has 1 saturated carbocycles. The summed E-state index contributed by atoms with van der Waals surface area (Å²) in [5, 5.41) is 7.00. The number of fused-ring (bicyclic) bond motifs is 1. The average molecular weight is 454 g/mol. The minimum Gasteiger partial charge on any atom is -0.361 e. The van der Waals surface area contributed by atoms with Crippen molar-refractivity contribution in [3.63, 3.8) is 0 Å². The Morgan fingerprint density at radius 1 is 1.15 bits per heavy atom. The highest BCUT2D eigenvalue weighted by Crippen LogP contribution is 2.26. The van der Waals surface area contributed by atoms with Crippen molar-refractivity contribution in [3.05, 3.63) is 36.0 Å². The Kier molecular flexibility index (Phi) is 7.20. The number of nitrogens with zero attached hydrogens (tertiary/aromatic N) is 2. The van der Waals surface area contributed by atoms with E-state index in [9.17, 15) is 14.4 Å². The molecule has 178 valence electrons. The Hall–Kier alpha value is -3.03. The number of benzene rings is 1. The van der Waals surface area contributed by atoms with E-state index in [4.69, 9.17) is 0 Å². The molecule has 8 heteroatoms. The fraction of sp³-hybridized carbons (Fsp3) is 0.560. The molecule has 1 aromatic heterocycles. The summed E-state index contributed by atoms with van der Waals surface area (Å²) in [6, 6.07) is 7.19. The van der Waals surface area contributed by atoms with Crippen molar-refractivity contribution in [2.24, 2.45) is 5.92 Å². The quantitative estimate of drug-likeness (QED) is 0.627. The molecule has 0 spiro atoms. The molecule has 1 aliphatic heterocycles. The zero-order chi connectivity index (χ0) is 23.4. The molecule has 2 heterocycles. The molecular formula is C25H35N5O3. The van der Waals surface area contributed by atoms with Gasteiger partial charge in [0, 0.05) is 61.7 Å². The smallest absolute Gasteiger partial charge is 0.317 e. The van der Waals surface area contributed by atoms with E-state index in [0.29, 0.717) is 32.6 Å². The molecule has 2 fully saturated rings. The maximum absolute atomic E-state index is 13.6. The van der Waals surface area contributed by atoms with Gasteiger partial charge in [-0.2, -0.15) is 0 Å². The average Bonchev–Trinajstić information content (AvgIpc) is 3.49. The predicted molar refractivity (Wildman–Crippen MR) is 128 cm³/mol. The number of aromatic nitrogens is 1. The van der Waals surface area contributed by atoms with E-state index in [1.54, 1.807) is 9.80 Å². The van der Waals surface area contributed by atoms with Gasteiger partial charge >= 0.3 is 6.03 Å². The van der Waals surface area contributed by atoms with Crippen molar-refractivity contribution in [1.29, 1.82) is 0 Å².